The van der Waals surface area contributed by atoms with E-state index in [4.69, 9.17) is 0 Å². The molecule has 25 heavy (non-hydrogen) atoms. The van der Waals surface area contributed by atoms with Crippen molar-refractivity contribution in [2.45, 2.75) is 4.90 Å². The van der Waals surface area contributed by atoms with Crippen LogP contribution < -0.4 is 4.90 Å². The molecule has 1 saturated heterocycles. The van der Waals surface area contributed by atoms with Crippen LogP contribution in [0.5, 0.6) is 0 Å². The Labute approximate surface area is 142 Å². The minimum atomic E-state index is -4.12. The summed E-state index contributed by atoms with van der Waals surface area (Å²) < 4.78 is 79.6. The molecule has 1 aliphatic rings. The molecule has 0 aromatic heterocycles. The second-order valence-electron chi connectivity index (χ2n) is 5.56. The molecule has 0 atom stereocenters. The molecule has 0 spiro atoms. The molecule has 0 aliphatic carbocycles. The number of sulfonamides is 1. The van der Waals surface area contributed by atoms with Crippen molar-refractivity contribution in [2.75, 3.05) is 31.1 Å². The topological polar surface area (TPSA) is 40.6 Å². The zero-order chi connectivity index (χ0) is 18.2. The summed E-state index contributed by atoms with van der Waals surface area (Å²) in [6.07, 6.45) is 0. The molecule has 0 N–H and O–H groups in total. The number of nitrogens with zero attached hydrogens (tertiary/aromatic N) is 2. The van der Waals surface area contributed by atoms with Crippen molar-refractivity contribution in [2.24, 2.45) is 0 Å². The molecule has 1 fully saturated rings. The first-order valence-corrected chi connectivity index (χ1v) is 8.88. The van der Waals surface area contributed by atoms with Crippen LogP contribution in [0.25, 0.3) is 0 Å². The van der Waals surface area contributed by atoms with Gasteiger partial charge >= 0.3 is 0 Å². The monoisotopic (exact) mass is 374 g/mol. The summed E-state index contributed by atoms with van der Waals surface area (Å²) in [5.41, 5.74) is 0.173. The largest absolute Gasteiger partial charge is 0.367 e. The zero-order valence-corrected chi connectivity index (χ0v) is 13.7. The standard InChI is InChI=1S/C16H14F4N2O2S/c17-11-1-3-15(13(19)9-11)21-5-7-22(8-6-21)25(23,24)16-4-2-12(18)10-14(16)20/h1-4,9-10H,5-8H2. The van der Waals surface area contributed by atoms with E-state index in [1.807, 2.05) is 0 Å². The maximum absolute atomic E-state index is 13.8. The second-order valence-corrected chi connectivity index (χ2v) is 7.47. The molecule has 2 aromatic carbocycles. The summed E-state index contributed by atoms with van der Waals surface area (Å²) in [4.78, 5) is 0.984. The van der Waals surface area contributed by atoms with Crippen LogP contribution in [0, 0.1) is 23.3 Å². The minimum Gasteiger partial charge on any atom is -0.367 e. The van der Waals surface area contributed by atoms with Gasteiger partial charge in [-0.2, -0.15) is 4.31 Å². The molecule has 4 nitrogen and oxygen atoms in total. The van der Waals surface area contributed by atoms with Gasteiger partial charge in [0.15, 0.2) is 0 Å². The van der Waals surface area contributed by atoms with Crippen LogP contribution in [0.4, 0.5) is 23.2 Å². The van der Waals surface area contributed by atoms with E-state index in [1.54, 1.807) is 4.90 Å². The van der Waals surface area contributed by atoms with Crippen LogP contribution in [0.3, 0.4) is 0 Å². The highest BCUT2D eigenvalue weighted by atomic mass is 32.2. The fourth-order valence-electron chi connectivity index (χ4n) is 2.73. The zero-order valence-electron chi connectivity index (χ0n) is 12.9. The fraction of sp³-hybridized carbons (Fsp3) is 0.250. The van der Waals surface area contributed by atoms with Gasteiger partial charge in [0.2, 0.25) is 10.0 Å². The van der Waals surface area contributed by atoms with Gasteiger partial charge in [-0.15, -0.1) is 0 Å². The first-order chi connectivity index (χ1) is 11.8. The summed E-state index contributed by atoms with van der Waals surface area (Å²) in [5, 5.41) is 0. The van der Waals surface area contributed by atoms with Crippen molar-refractivity contribution in [3.63, 3.8) is 0 Å². The van der Waals surface area contributed by atoms with Crippen molar-refractivity contribution >= 4 is 15.7 Å². The molecule has 0 amide bonds. The van der Waals surface area contributed by atoms with Gasteiger partial charge < -0.3 is 4.90 Å². The van der Waals surface area contributed by atoms with Crippen molar-refractivity contribution in [1.29, 1.82) is 0 Å². The maximum atomic E-state index is 13.8. The summed E-state index contributed by atoms with van der Waals surface area (Å²) in [5.74, 6) is -3.46. The van der Waals surface area contributed by atoms with Gasteiger partial charge in [-0.25, -0.2) is 26.0 Å². The lowest BCUT2D eigenvalue weighted by Crippen LogP contribution is -2.49. The van der Waals surface area contributed by atoms with E-state index in [-0.39, 0.29) is 31.9 Å². The van der Waals surface area contributed by atoms with Crippen LogP contribution in [-0.2, 0) is 10.0 Å². The molecule has 0 bridgehead atoms. The summed E-state index contributed by atoms with van der Waals surface area (Å²) in [6, 6.07) is 5.43. The molecular formula is C16H14F4N2O2S. The number of piperazine rings is 1. The third-order valence-corrected chi connectivity index (χ3v) is 5.93. The van der Waals surface area contributed by atoms with Gasteiger partial charge in [0, 0.05) is 38.3 Å². The Balaban J connectivity index is 1.77. The van der Waals surface area contributed by atoms with Crippen LogP contribution >= 0.6 is 0 Å². The van der Waals surface area contributed by atoms with E-state index in [2.05, 4.69) is 0 Å². The summed E-state index contributed by atoms with van der Waals surface area (Å²) in [6.45, 7) is 0.307. The Kier molecular flexibility index (Phi) is 4.70. The number of anilines is 1. The van der Waals surface area contributed by atoms with Gasteiger partial charge in [-0.1, -0.05) is 0 Å². The van der Waals surface area contributed by atoms with Crippen LogP contribution in [-0.4, -0.2) is 38.9 Å². The van der Waals surface area contributed by atoms with E-state index in [0.29, 0.717) is 6.07 Å². The minimum absolute atomic E-state index is 0.00400. The van der Waals surface area contributed by atoms with E-state index >= 15 is 0 Å². The Morgan fingerprint density at radius 1 is 0.760 bits per heavy atom. The molecule has 9 heteroatoms. The summed E-state index contributed by atoms with van der Waals surface area (Å²) >= 11 is 0. The first-order valence-electron chi connectivity index (χ1n) is 7.44. The molecule has 1 aliphatic heterocycles. The van der Waals surface area contributed by atoms with Crippen molar-refractivity contribution in [1.82, 2.24) is 4.31 Å². The highest BCUT2D eigenvalue weighted by Gasteiger charge is 2.31. The fourth-order valence-corrected chi connectivity index (χ4v) is 4.20. The second kappa shape index (κ2) is 6.64. The highest BCUT2D eigenvalue weighted by Crippen LogP contribution is 2.25. The van der Waals surface area contributed by atoms with Crippen LogP contribution in [0.15, 0.2) is 41.3 Å². The number of rotatable bonds is 3. The van der Waals surface area contributed by atoms with Crippen LogP contribution in [0.1, 0.15) is 0 Å². The molecule has 0 radical (unpaired) electrons. The number of hydrogen-bond acceptors (Lipinski definition) is 3. The molecule has 3 rings (SSSR count). The molecule has 2 aromatic rings. The number of hydrogen-bond donors (Lipinski definition) is 0. The predicted molar refractivity (Wildman–Crippen MR) is 83.7 cm³/mol. The van der Waals surface area contributed by atoms with E-state index in [9.17, 15) is 26.0 Å². The highest BCUT2D eigenvalue weighted by molar-refractivity contribution is 7.89. The van der Waals surface area contributed by atoms with Gasteiger partial charge in [0.1, 0.15) is 28.2 Å². The smallest absolute Gasteiger partial charge is 0.246 e. The van der Waals surface area contributed by atoms with E-state index < -0.39 is 38.2 Å². The maximum Gasteiger partial charge on any atom is 0.246 e. The molecule has 134 valence electrons. The van der Waals surface area contributed by atoms with Crippen molar-refractivity contribution in [3.05, 3.63) is 59.7 Å². The quantitative estimate of drug-likeness (QED) is 0.776. The Morgan fingerprint density at radius 2 is 1.32 bits per heavy atom. The third-order valence-electron chi connectivity index (χ3n) is 4.00. The third kappa shape index (κ3) is 3.47. The molecule has 0 unspecified atom stereocenters. The van der Waals surface area contributed by atoms with Gasteiger partial charge in [0.25, 0.3) is 0 Å². The normalized spacial score (nSPS) is 16.2. The van der Waals surface area contributed by atoms with Gasteiger partial charge in [-0.05, 0) is 24.3 Å². The first kappa shape index (κ1) is 17.7. The average molecular weight is 374 g/mol. The van der Waals surface area contributed by atoms with Crippen molar-refractivity contribution < 1.29 is 26.0 Å². The Hall–Kier alpha value is -2.13. The van der Waals surface area contributed by atoms with Crippen LogP contribution in [0.2, 0.25) is 0 Å². The molecule has 1 heterocycles. The van der Waals surface area contributed by atoms with Gasteiger partial charge in [-0.3, -0.25) is 0 Å². The number of halogens is 4. The van der Waals surface area contributed by atoms with E-state index in [1.165, 1.54) is 6.07 Å². The molecular weight excluding hydrogens is 360 g/mol. The number of benzene rings is 2. The van der Waals surface area contributed by atoms with Gasteiger partial charge in [0.05, 0.1) is 5.69 Å². The van der Waals surface area contributed by atoms with E-state index in [0.717, 1.165) is 28.6 Å². The summed E-state index contributed by atoms with van der Waals surface area (Å²) in [7, 11) is -4.12. The lowest BCUT2D eigenvalue weighted by molar-refractivity contribution is 0.380. The molecule has 0 saturated carbocycles. The lowest BCUT2D eigenvalue weighted by Gasteiger charge is -2.35. The average Bonchev–Trinajstić information content (AvgIpc) is 2.54. The Bertz CT molecular complexity index is 897. The Morgan fingerprint density at radius 3 is 1.88 bits per heavy atom. The van der Waals surface area contributed by atoms with Crippen molar-refractivity contribution in [3.8, 4) is 0 Å². The predicted octanol–water partition coefficient (Wildman–Crippen LogP) is 2.75. The SMILES string of the molecule is O=S(=O)(c1ccc(F)cc1F)N1CCN(c2ccc(F)cc2F)CC1. The lowest BCUT2D eigenvalue weighted by atomic mass is 10.2.